The number of hydrogen-bond donors (Lipinski definition) is 3. The SMILES string of the molecule is O=c1[nH]c2ccc(C(O)CN3CCC(O)(c4ccccc4)CC3)cc2o1. The van der Waals surface area contributed by atoms with E-state index >= 15 is 0 Å². The van der Waals surface area contributed by atoms with Gasteiger partial charge in [0.05, 0.1) is 17.2 Å². The molecule has 0 saturated carbocycles. The average Bonchev–Trinajstić information content (AvgIpc) is 3.03. The molecule has 0 spiro atoms. The Hall–Kier alpha value is -2.41. The van der Waals surface area contributed by atoms with Crippen LogP contribution in [-0.4, -0.2) is 39.7 Å². The number of β-amino-alcohol motifs (C(OH)–C–C–N with tert-alkyl or cyclic N) is 1. The molecule has 1 aliphatic heterocycles. The van der Waals surface area contributed by atoms with Gasteiger partial charge in [0.15, 0.2) is 5.58 Å². The van der Waals surface area contributed by atoms with Gasteiger partial charge in [-0.25, -0.2) is 4.79 Å². The highest BCUT2D eigenvalue weighted by atomic mass is 16.4. The quantitative estimate of drug-likeness (QED) is 0.668. The molecule has 0 bridgehead atoms. The number of nitrogens with one attached hydrogen (secondary N) is 1. The number of oxazole rings is 1. The Kier molecular flexibility index (Phi) is 4.40. The molecule has 1 unspecified atom stereocenters. The third kappa shape index (κ3) is 3.31. The highest BCUT2D eigenvalue weighted by Gasteiger charge is 2.34. The van der Waals surface area contributed by atoms with Crippen LogP contribution < -0.4 is 5.76 Å². The molecule has 136 valence electrons. The van der Waals surface area contributed by atoms with E-state index in [2.05, 4.69) is 9.88 Å². The molecular formula is C20H22N2O4. The molecule has 6 heteroatoms. The number of benzene rings is 2. The maximum absolute atomic E-state index is 11.2. The minimum Gasteiger partial charge on any atom is -0.408 e. The van der Waals surface area contributed by atoms with Crippen LogP contribution in [0.4, 0.5) is 0 Å². The van der Waals surface area contributed by atoms with Gasteiger partial charge in [0.25, 0.3) is 0 Å². The predicted octanol–water partition coefficient (Wildman–Crippen LogP) is 2.14. The summed E-state index contributed by atoms with van der Waals surface area (Å²) in [7, 11) is 0. The minimum atomic E-state index is -0.795. The molecule has 4 rings (SSSR count). The van der Waals surface area contributed by atoms with Gasteiger partial charge in [0.2, 0.25) is 0 Å². The normalized spacial score (nSPS) is 18.8. The third-order valence-electron chi connectivity index (χ3n) is 5.26. The minimum absolute atomic E-state index is 0.448. The van der Waals surface area contributed by atoms with Gasteiger partial charge in [-0.15, -0.1) is 0 Å². The van der Waals surface area contributed by atoms with Crippen molar-refractivity contribution in [3.8, 4) is 0 Å². The number of H-pyrrole nitrogens is 1. The lowest BCUT2D eigenvalue weighted by Gasteiger charge is -2.39. The fraction of sp³-hybridized carbons (Fsp3) is 0.350. The van der Waals surface area contributed by atoms with Crippen molar-refractivity contribution in [3.63, 3.8) is 0 Å². The number of nitrogens with zero attached hydrogens (tertiary/aromatic N) is 1. The molecule has 0 radical (unpaired) electrons. The van der Waals surface area contributed by atoms with E-state index in [0.717, 1.165) is 5.56 Å². The van der Waals surface area contributed by atoms with Crippen LogP contribution in [0.25, 0.3) is 11.1 Å². The number of likely N-dealkylation sites (tertiary alicyclic amines) is 1. The number of aliphatic hydroxyl groups excluding tert-OH is 1. The number of aromatic amines is 1. The number of hydrogen-bond acceptors (Lipinski definition) is 5. The zero-order valence-electron chi connectivity index (χ0n) is 14.4. The van der Waals surface area contributed by atoms with Crippen molar-refractivity contribution >= 4 is 11.1 Å². The summed E-state index contributed by atoms with van der Waals surface area (Å²) < 4.78 is 5.06. The van der Waals surface area contributed by atoms with Crippen molar-refractivity contribution in [3.05, 3.63) is 70.2 Å². The molecular weight excluding hydrogens is 332 g/mol. The molecule has 0 amide bonds. The van der Waals surface area contributed by atoms with Gasteiger partial charge in [-0.05, 0) is 36.1 Å². The standard InChI is InChI=1S/C20H22N2O4/c23-17(14-6-7-16-18(12-14)26-19(24)21-16)13-22-10-8-20(25,9-11-22)15-4-2-1-3-5-15/h1-7,12,17,23,25H,8-11,13H2,(H,21,24). The van der Waals surface area contributed by atoms with Gasteiger partial charge in [-0.3, -0.25) is 4.98 Å². The molecule has 1 saturated heterocycles. The van der Waals surface area contributed by atoms with Gasteiger partial charge in [-0.2, -0.15) is 0 Å². The average molecular weight is 354 g/mol. The van der Waals surface area contributed by atoms with E-state index in [1.807, 2.05) is 30.3 Å². The maximum atomic E-state index is 11.2. The molecule has 1 aromatic heterocycles. The van der Waals surface area contributed by atoms with Crippen molar-refractivity contribution in [1.29, 1.82) is 0 Å². The second kappa shape index (κ2) is 6.72. The van der Waals surface area contributed by atoms with Crippen LogP contribution in [-0.2, 0) is 5.60 Å². The lowest BCUT2D eigenvalue weighted by molar-refractivity contribution is -0.0344. The van der Waals surface area contributed by atoms with E-state index in [-0.39, 0.29) is 0 Å². The van der Waals surface area contributed by atoms with Crippen molar-refractivity contribution in [2.75, 3.05) is 19.6 Å². The van der Waals surface area contributed by atoms with Gasteiger partial charge >= 0.3 is 5.76 Å². The largest absolute Gasteiger partial charge is 0.417 e. The van der Waals surface area contributed by atoms with Crippen LogP contribution in [0.15, 0.2) is 57.7 Å². The van der Waals surface area contributed by atoms with Gasteiger partial charge in [-0.1, -0.05) is 36.4 Å². The summed E-state index contributed by atoms with van der Waals surface area (Å²) in [5.41, 5.74) is 1.94. The lowest BCUT2D eigenvalue weighted by atomic mass is 9.84. The van der Waals surface area contributed by atoms with E-state index in [9.17, 15) is 15.0 Å². The van der Waals surface area contributed by atoms with E-state index in [4.69, 9.17) is 4.42 Å². The summed E-state index contributed by atoms with van der Waals surface area (Å²) in [6.07, 6.45) is 0.591. The van der Waals surface area contributed by atoms with E-state index < -0.39 is 17.5 Å². The van der Waals surface area contributed by atoms with Crippen molar-refractivity contribution in [2.24, 2.45) is 0 Å². The van der Waals surface area contributed by atoms with Crippen LogP contribution in [0.5, 0.6) is 0 Å². The van der Waals surface area contributed by atoms with Crippen LogP contribution in [0.2, 0.25) is 0 Å². The van der Waals surface area contributed by atoms with Gasteiger partial charge in [0.1, 0.15) is 0 Å². The maximum Gasteiger partial charge on any atom is 0.417 e. The summed E-state index contributed by atoms with van der Waals surface area (Å²) in [5, 5.41) is 21.4. The second-order valence-electron chi connectivity index (χ2n) is 6.98. The Labute approximate surface area is 150 Å². The van der Waals surface area contributed by atoms with Crippen molar-refractivity contribution in [2.45, 2.75) is 24.5 Å². The Morgan fingerprint density at radius 1 is 1.15 bits per heavy atom. The Balaban J connectivity index is 1.41. The third-order valence-corrected chi connectivity index (χ3v) is 5.26. The lowest BCUT2D eigenvalue weighted by Crippen LogP contribution is -2.43. The molecule has 3 N–H and O–H groups in total. The Bertz CT molecular complexity index is 939. The summed E-state index contributed by atoms with van der Waals surface area (Å²) in [6, 6.07) is 15.0. The van der Waals surface area contributed by atoms with Crippen molar-refractivity contribution < 1.29 is 14.6 Å². The van der Waals surface area contributed by atoms with Gasteiger partial charge in [0, 0.05) is 19.6 Å². The fourth-order valence-corrected chi connectivity index (χ4v) is 3.66. The van der Waals surface area contributed by atoms with E-state index in [0.29, 0.717) is 49.1 Å². The van der Waals surface area contributed by atoms with Gasteiger partial charge < -0.3 is 19.5 Å². The molecule has 6 nitrogen and oxygen atoms in total. The number of aliphatic hydroxyl groups is 2. The van der Waals surface area contributed by atoms with Crippen LogP contribution >= 0.6 is 0 Å². The number of fused-ring (bicyclic) bond motifs is 1. The molecule has 1 fully saturated rings. The van der Waals surface area contributed by atoms with Crippen LogP contribution in [0, 0.1) is 0 Å². The molecule has 2 heterocycles. The molecule has 26 heavy (non-hydrogen) atoms. The van der Waals surface area contributed by atoms with Crippen LogP contribution in [0.1, 0.15) is 30.1 Å². The Morgan fingerprint density at radius 2 is 1.88 bits per heavy atom. The smallest absolute Gasteiger partial charge is 0.408 e. The highest BCUT2D eigenvalue weighted by molar-refractivity contribution is 5.72. The van der Waals surface area contributed by atoms with E-state index in [1.165, 1.54) is 0 Å². The first kappa shape index (κ1) is 17.0. The first-order valence-electron chi connectivity index (χ1n) is 8.85. The number of rotatable bonds is 4. The van der Waals surface area contributed by atoms with Crippen LogP contribution in [0.3, 0.4) is 0 Å². The first-order valence-corrected chi connectivity index (χ1v) is 8.85. The zero-order valence-corrected chi connectivity index (χ0v) is 14.4. The zero-order chi connectivity index (χ0) is 18.1. The summed E-state index contributed by atoms with van der Waals surface area (Å²) in [4.78, 5) is 16.0. The molecule has 3 aromatic rings. The summed E-state index contributed by atoms with van der Waals surface area (Å²) in [6.45, 7) is 1.90. The van der Waals surface area contributed by atoms with E-state index in [1.54, 1.807) is 18.2 Å². The molecule has 0 aliphatic carbocycles. The molecule has 2 aromatic carbocycles. The highest BCUT2D eigenvalue weighted by Crippen LogP contribution is 2.33. The first-order chi connectivity index (χ1) is 12.5. The Morgan fingerprint density at radius 3 is 2.62 bits per heavy atom. The topological polar surface area (TPSA) is 89.7 Å². The molecule has 1 atom stereocenters. The van der Waals surface area contributed by atoms with Crippen molar-refractivity contribution in [1.82, 2.24) is 9.88 Å². The predicted molar refractivity (Wildman–Crippen MR) is 97.8 cm³/mol. The summed E-state index contributed by atoms with van der Waals surface area (Å²) >= 11 is 0. The summed E-state index contributed by atoms with van der Waals surface area (Å²) in [5.74, 6) is -0.497. The number of piperidine rings is 1. The molecule has 1 aliphatic rings. The monoisotopic (exact) mass is 354 g/mol. The number of aromatic nitrogens is 1. The fourth-order valence-electron chi connectivity index (χ4n) is 3.66. The second-order valence-corrected chi connectivity index (χ2v) is 6.98.